The molecule has 114 valence electrons. The molecule has 1 aliphatic heterocycles. The van der Waals surface area contributed by atoms with Gasteiger partial charge < -0.3 is 10.1 Å². The van der Waals surface area contributed by atoms with Crippen molar-refractivity contribution < 1.29 is 17.9 Å². The molecule has 0 saturated carbocycles. The van der Waals surface area contributed by atoms with Gasteiger partial charge in [-0.25, -0.2) is 9.67 Å². The Labute approximate surface area is 119 Å². The van der Waals surface area contributed by atoms with Crippen molar-refractivity contribution in [3.05, 3.63) is 18.5 Å². The van der Waals surface area contributed by atoms with Gasteiger partial charge in [-0.1, -0.05) is 0 Å². The van der Waals surface area contributed by atoms with E-state index in [1.54, 1.807) is 6.07 Å². The van der Waals surface area contributed by atoms with Crippen molar-refractivity contribution in [1.29, 1.82) is 0 Å². The van der Waals surface area contributed by atoms with Gasteiger partial charge in [0, 0.05) is 31.1 Å². The molecule has 1 fully saturated rings. The van der Waals surface area contributed by atoms with Crippen LogP contribution in [0, 0.1) is 0 Å². The lowest BCUT2D eigenvalue weighted by Crippen LogP contribution is -2.27. The highest BCUT2D eigenvalue weighted by molar-refractivity contribution is 5.88. The molecular weight excluding hydrogens is 285 g/mol. The van der Waals surface area contributed by atoms with Gasteiger partial charge in [-0.05, 0) is 18.9 Å². The zero-order valence-corrected chi connectivity index (χ0v) is 11.2. The van der Waals surface area contributed by atoms with E-state index in [0.29, 0.717) is 18.6 Å². The number of hydrogen-bond acceptors (Lipinski definition) is 4. The van der Waals surface area contributed by atoms with Gasteiger partial charge in [-0.2, -0.15) is 18.3 Å². The summed E-state index contributed by atoms with van der Waals surface area (Å²) in [6.07, 6.45) is 0.361. The molecule has 0 spiro atoms. The van der Waals surface area contributed by atoms with E-state index >= 15 is 0 Å². The van der Waals surface area contributed by atoms with Gasteiger partial charge in [0.2, 0.25) is 0 Å². The molecule has 0 bridgehead atoms. The van der Waals surface area contributed by atoms with Crippen LogP contribution in [-0.4, -0.2) is 40.2 Å². The first-order valence-corrected chi connectivity index (χ1v) is 6.74. The third kappa shape index (κ3) is 3.26. The van der Waals surface area contributed by atoms with E-state index in [2.05, 4.69) is 15.4 Å². The molecule has 3 heterocycles. The Hall–Kier alpha value is -1.83. The number of halogens is 3. The third-order valence-corrected chi connectivity index (χ3v) is 3.45. The van der Waals surface area contributed by atoms with Crippen LogP contribution in [0.2, 0.25) is 0 Å². The average Bonchev–Trinajstić information content (AvgIpc) is 2.82. The highest BCUT2D eigenvalue weighted by Gasteiger charge is 2.29. The first-order valence-electron chi connectivity index (χ1n) is 6.74. The van der Waals surface area contributed by atoms with Crippen LogP contribution >= 0.6 is 0 Å². The molecule has 21 heavy (non-hydrogen) atoms. The van der Waals surface area contributed by atoms with E-state index in [1.165, 1.54) is 12.4 Å². The number of nitrogens with one attached hydrogen (secondary N) is 1. The van der Waals surface area contributed by atoms with Crippen LogP contribution in [0.15, 0.2) is 18.5 Å². The second kappa shape index (κ2) is 5.51. The van der Waals surface area contributed by atoms with Gasteiger partial charge >= 0.3 is 6.18 Å². The lowest BCUT2D eigenvalue weighted by Gasteiger charge is -2.24. The standard InChI is InChI=1S/C13H15F3N4O/c14-13(15,16)8-20-12-10(7-18-20)11(1-4-17-12)19-9-2-5-21-6-3-9/h1,4,7,9H,2-3,5-6,8H2,(H,17,19). The van der Waals surface area contributed by atoms with Crippen molar-refractivity contribution in [2.75, 3.05) is 18.5 Å². The van der Waals surface area contributed by atoms with Crippen LogP contribution < -0.4 is 5.32 Å². The van der Waals surface area contributed by atoms with Crippen LogP contribution in [0.25, 0.3) is 11.0 Å². The molecule has 0 atom stereocenters. The summed E-state index contributed by atoms with van der Waals surface area (Å²) in [6.45, 7) is 0.253. The van der Waals surface area contributed by atoms with E-state index < -0.39 is 12.7 Å². The smallest absolute Gasteiger partial charge is 0.381 e. The quantitative estimate of drug-likeness (QED) is 0.946. The van der Waals surface area contributed by atoms with Gasteiger partial charge in [0.15, 0.2) is 5.65 Å². The lowest BCUT2D eigenvalue weighted by molar-refractivity contribution is -0.141. The summed E-state index contributed by atoms with van der Waals surface area (Å²) in [5, 5.41) is 7.75. The Kier molecular flexibility index (Phi) is 3.71. The Morgan fingerprint density at radius 3 is 2.81 bits per heavy atom. The maximum absolute atomic E-state index is 12.5. The largest absolute Gasteiger partial charge is 0.408 e. The number of pyridine rings is 1. The molecule has 0 aromatic carbocycles. The summed E-state index contributed by atoms with van der Waals surface area (Å²) in [5.41, 5.74) is 1.00. The fraction of sp³-hybridized carbons (Fsp3) is 0.538. The molecule has 2 aromatic rings. The van der Waals surface area contributed by atoms with Crippen molar-refractivity contribution in [3.8, 4) is 0 Å². The first-order chi connectivity index (χ1) is 10.0. The summed E-state index contributed by atoms with van der Waals surface area (Å²) in [7, 11) is 0. The highest BCUT2D eigenvalue weighted by Crippen LogP contribution is 2.26. The number of alkyl halides is 3. The monoisotopic (exact) mass is 300 g/mol. The second-order valence-corrected chi connectivity index (χ2v) is 5.04. The minimum atomic E-state index is -4.31. The van der Waals surface area contributed by atoms with E-state index in [0.717, 1.165) is 23.2 Å². The first kappa shape index (κ1) is 14.1. The molecule has 1 N–H and O–H groups in total. The molecule has 0 unspecified atom stereocenters. The van der Waals surface area contributed by atoms with Gasteiger partial charge in [0.25, 0.3) is 0 Å². The Bertz CT molecular complexity index is 619. The molecule has 0 aliphatic carbocycles. The van der Waals surface area contributed by atoms with Crippen LogP contribution in [0.1, 0.15) is 12.8 Å². The predicted molar refractivity (Wildman–Crippen MR) is 71.0 cm³/mol. The number of rotatable bonds is 3. The predicted octanol–water partition coefficient (Wildman–Crippen LogP) is 2.58. The lowest BCUT2D eigenvalue weighted by atomic mass is 10.1. The minimum Gasteiger partial charge on any atom is -0.381 e. The van der Waals surface area contributed by atoms with Gasteiger partial charge in [0.1, 0.15) is 6.54 Å². The number of ether oxygens (including phenoxy) is 1. The topological polar surface area (TPSA) is 52.0 Å². The average molecular weight is 300 g/mol. The number of hydrogen-bond donors (Lipinski definition) is 1. The maximum Gasteiger partial charge on any atom is 0.408 e. The Morgan fingerprint density at radius 1 is 1.33 bits per heavy atom. The summed E-state index contributed by atoms with van der Waals surface area (Å²) >= 11 is 0. The number of aromatic nitrogens is 3. The van der Waals surface area contributed by atoms with E-state index in [-0.39, 0.29) is 11.7 Å². The molecule has 3 rings (SSSR count). The summed E-state index contributed by atoms with van der Waals surface area (Å²) in [5.74, 6) is 0. The maximum atomic E-state index is 12.5. The summed E-state index contributed by atoms with van der Waals surface area (Å²) in [4.78, 5) is 4.01. The van der Waals surface area contributed by atoms with Gasteiger partial charge in [-0.15, -0.1) is 0 Å². The third-order valence-electron chi connectivity index (χ3n) is 3.45. The van der Waals surface area contributed by atoms with Crippen LogP contribution in [0.4, 0.5) is 18.9 Å². The van der Waals surface area contributed by atoms with Gasteiger partial charge in [0.05, 0.1) is 11.6 Å². The fourth-order valence-electron chi connectivity index (χ4n) is 2.45. The second-order valence-electron chi connectivity index (χ2n) is 5.04. The highest BCUT2D eigenvalue weighted by atomic mass is 19.4. The van der Waals surface area contributed by atoms with Crippen molar-refractivity contribution in [2.45, 2.75) is 31.6 Å². The fourth-order valence-corrected chi connectivity index (χ4v) is 2.45. The number of nitrogens with zero attached hydrogens (tertiary/aromatic N) is 3. The normalized spacial score (nSPS) is 17.3. The Balaban J connectivity index is 1.86. The van der Waals surface area contributed by atoms with Crippen molar-refractivity contribution in [1.82, 2.24) is 14.8 Å². The summed E-state index contributed by atoms with van der Waals surface area (Å²) in [6, 6.07) is 2.02. The van der Waals surface area contributed by atoms with Crippen LogP contribution in [0.3, 0.4) is 0 Å². The molecule has 8 heteroatoms. The van der Waals surface area contributed by atoms with Crippen molar-refractivity contribution >= 4 is 16.7 Å². The van der Waals surface area contributed by atoms with Crippen molar-refractivity contribution in [3.63, 3.8) is 0 Å². The molecule has 2 aromatic heterocycles. The van der Waals surface area contributed by atoms with Gasteiger partial charge in [-0.3, -0.25) is 0 Å². The van der Waals surface area contributed by atoms with Crippen LogP contribution in [-0.2, 0) is 11.3 Å². The van der Waals surface area contributed by atoms with E-state index in [4.69, 9.17) is 4.74 Å². The Morgan fingerprint density at radius 2 is 2.10 bits per heavy atom. The molecule has 1 aliphatic rings. The molecule has 1 saturated heterocycles. The minimum absolute atomic E-state index is 0.240. The van der Waals surface area contributed by atoms with E-state index in [9.17, 15) is 13.2 Å². The van der Waals surface area contributed by atoms with E-state index in [1.807, 2.05) is 0 Å². The molecule has 0 amide bonds. The SMILES string of the molecule is FC(F)(F)Cn1ncc2c(NC3CCOCC3)ccnc21. The van der Waals surface area contributed by atoms with Crippen LogP contribution in [0.5, 0.6) is 0 Å². The van der Waals surface area contributed by atoms with Crippen molar-refractivity contribution in [2.24, 2.45) is 0 Å². The zero-order valence-electron chi connectivity index (χ0n) is 11.2. The molecule has 0 radical (unpaired) electrons. The zero-order chi connectivity index (χ0) is 14.9. The molecular formula is C13H15F3N4O. The molecule has 5 nitrogen and oxygen atoms in total. The number of anilines is 1. The summed E-state index contributed by atoms with van der Waals surface area (Å²) < 4.78 is 43.7. The number of fused-ring (bicyclic) bond motifs is 1.